The molecule has 0 fully saturated rings. The Bertz CT molecular complexity index is 1180. The molecule has 10 nitrogen and oxygen atoms in total. The standard InChI is InChI=1S/C26H31N5O5/c1-14-24(34)28-15(2)25(35)31-21(23(27)33)12-17-7-6-9-18(11-17)20-10-5-4-8-19(20)13-22(26(36)29-14)30-16(3)32/h4-11,14-15,21-22H,12-13H2,1-3H3,(H2,27,33)(H,28,34)(H,29,36)(H,30,32)(H,31,35)/t14-,15-,21-,22-/m0/s1. The molecule has 2 aromatic carbocycles. The Morgan fingerprint density at radius 2 is 1.50 bits per heavy atom. The van der Waals surface area contributed by atoms with E-state index in [1.165, 1.54) is 20.8 Å². The zero-order chi connectivity index (χ0) is 26.4. The molecular weight excluding hydrogens is 462 g/mol. The van der Waals surface area contributed by atoms with Crippen LogP contribution in [0.5, 0.6) is 0 Å². The summed E-state index contributed by atoms with van der Waals surface area (Å²) in [7, 11) is 0. The maximum atomic E-state index is 13.1. The van der Waals surface area contributed by atoms with Gasteiger partial charge in [-0.25, -0.2) is 0 Å². The first-order chi connectivity index (χ1) is 17.0. The molecule has 4 atom stereocenters. The number of hydrogen-bond donors (Lipinski definition) is 5. The van der Waals surface area contributed by atoms with Gasteiger partial charge in [0.15, 0.2) is 0 Å². The van der Waals surface area contributed by atoms with Gasteiger partial charge in [0.1, 0.15) is 24.2 Å². The van der Waals surface area contributed by atoms with Gasteiger partial charge in [0.05, 0.1) is 0 Å². The smallest absolute Gasteiger partial charge is 0.243 e. The van der Waals surface area contributed by atoms with Gasteiger partial charge in [-0.15, -0.1) is 0 Å². The molecule has 1 aliphatic heterocycles. The van der Waals surface area contributed by atoms with Crippen LogP contribution in [0, 0.1) is 0 Å². The van der Waals surface area contributed by atoms with Crippen LogP contribution in [-0.4, -0.2) is 53.7 Å². The van der Waals surface area contributed by atoms with Crippen molar-refractivity contribution in [1.82, 2.24) is 21.3 Å². The molecule has 3 rings (SSSR count). The molecule has 36 heavy (non-hydrogen) atoms. The second-order valence-electron chi connectivity index (χ2n) is 8.94. The fraction of sp³-hybridized carbons (Fsp3) is 0.346. The SMILES string of the molecule is CC(=O)N[C@H]1Cc2ccccc2-c2cccc(c2)C[C@@H](C(N)=O)NC(=O)[C@H](C)NC(=O)[C@H](C)NC1=O. The van der Waals surface area contributed by atoms with E-state index in [-0.39, 0.29) is 18.7 Å². The highest BCUT2D eigenvalue weighted by molar-refractivity contribution is 5.95. The summed E-state index contributed by atoms with van der Waals surface area (Å²) in [6.45, 7) is 4.25. The zero-order valence-corrected chi connectivity index (χ0v) is 20.5. The van der Waals surface area contributed by atoms with Crippen LogP contribution in [0.2, 0.25) is 0 Å². The van der Waals surface area contributed by atoms with Gasteiger partial charge in [-0.2, -0.15) is 0 Å². The Morgan fingerprint density at radius 3 is 2.17 bits per heavy atom. The van der Waals surface area contributed by atoms with E-state index in [1.54, 1.807) is 0 Å². The number of rotatable bonds is 2. The molecule has 0 aromatic heterocycles. The fourth-order valence-corrected chi connectivity index (χ4v) is 4.06. The first kappa shape index (κ1) is 26.4. The van der Waals surface area contributed by atoms with Crippen molar-refractivity contribution in [1.29, 1.82) is 0 Å². The molecule has 0 spiro atoms. The number of fused-ring (bicyclic) bond motifs is 4. The van der Waals surface area contributed by atoms with Crippen LogP contribution in [0.4, 0.5) is 0 Å². The van der Waals surface area contributed by atoms with Crippen molar-refractivity contribution in [3.63, 3.8) is 0 Å². The predicted octanol–water partition coefficient (Wildman–Crippen LogP) is -0.0636. The first-order valence-electron chi connectivity index (χ1n) is 11.7. The minimum absolute atomic E-state index is 0.155. The van der Waals surface area contributed by atoms with Gasteiger partial charge in [-0.3, -0.25) is 24.0 Å². The summed E-state index contributed by atoms with van der Waals surface area (Å²) in [5.41, 5.74) is 8.79. The molecule has 1 heterocycles. The quantitative estimate of drug-likeness (QED) is 0.396. The highest BCUT2D eigenvalue weighted by Gasteiger charge is 2.28. The second-order valence-corrected chi connectivity index (χ2v) is 8.94. The van der Waals surface area contributed by atoms with Crippen molar-refractivity contribution >= 4 is 29.5 Å². The van der Waals surface area contributed by atoms with Crippen LogP contribution < -0.4 is 27.0 Å². The highest BCUT2D eigenvalue weighted by atomic mass is 16.2. The van der Waals surface area contributed by atoms with Crippen LogP contribution >= 0.6 is 0 Å². The third-order valence-corrected chi connectivity index (χ3v) is 5.98. The summed E-state index contributed by atoms with van der Waals surface area (Å²) in [4.78, 5) is 62.4. The maximum Gasteiger partial charge on any atom is 0.243 e. The lowest BCUT2D eigenvalue weighted by molar-refractivity contribution is -0.133. The number of primary amides is 1. The van der Waals surface area contributed by atoms with Crippen LogP contribution in [0.15, 0.2) is 48.5 Å². The van der Waals surface area contributed by atoms with Crippen LogP contribution in [0.25, 0.3) is 11.1 Å². The minimum atomic E-state index is -0.990. The Morgan fingerprint density at radius 1 is 0.861 bits per heavy atom. The lowest BCUT2D eigenvalue weighted by atomic mass is 9.92. The molecular formula is C26H31N5O5. The van der Waals surface area contributed by atoms with Gasteiger partial charge in [-0.1, -0.05) is 48.5 Å². The number of nitrogens with two attached hydrogens (primary N) is 1. The molecule has 1 aliphatic rings. The third kappa shape index (κ3) is 6.68. The van der Waals surface area contributed by atoms with Crippen molar-refractivity contribution in [2.75, 3.05) is 0 Å². The number of carbonyl (C=O) groups is 5. The summed E-state index contributed by atoms with van der Waals surface area (Å²) >= 11 is 0. The first-order valence-corrected chi connectivity index (χ1v) is 11.7. The Hall–Kier alpha value is -4.21. The molecule has 0 aliphatic carbocycles. The van der Waals surface area contributed by atoms with Gasteiger partial charge in [0.2, 0.25) is 29.5 Å². The summed E-state index contributed by atoms with van der Waals surface area (Å²) in [5, 5.41) is 10.4. The molecule has 190 valence electrons. The fourth-order valence-electron chi connectivity index (χ4n) is 4.06. The van der Waals surface area contributed by atoms with Crippen molar-refractivity contribution in [3.05, 3.63) is 59.7 Å². The molecule has 10 heteroatoms. The van der Waals surface area contributed by atoms with Crippen molar-refractivity contribution in [2.45, 2.75) is 57.8 Å². The van der Waals surface area contributed by atoms with Crippen molar-refractivity contribution in [2.24, 2.45) is 5.73 Å². The predicted molar refractivity (Wildman–Crippen MR) is 133 cm³/mol. The Labute approximate surface area is 209 Å². The summed E-state index contributed by atoms with van der Waals surface area (Å²) in [6, 6.07) is 11.0. The van der Waals surface area contributed by atoms with E-state index in [1.807, 2.05) is 48.5 Å². The van der Waals surface area contributed by atoms with Crippen LogP contribution in [0.3, 0.4) is 0 Å². The van der Waals surface area contributed by atoms with Crippen molar-refractivity contribution in [3.8, 4) is 11.1 Å². The molecule has 2 bridgehead atoms. The van der Waals surface area contributed by atoms with Gasteiger partial charge in [0, 0.05) is 19.8 Å². The monoisotopic (exact) mass is 493 g/mol. The summed E-state index contributed by atoms with van der Waals surface area (Å²) in [5.74, 6) is -2.82. The van der Waals surface area contributed by atoms with Crippen molar-refractivity contribution < 1.29 is 24.0 Å². The van der Waals surface area contributed by atoms with Crippen LogP contribution in [0.1, 0.15) is 31.9 Å². The number of benzene rings is 2. The van der Waals surface area contributed by atoms with E-state index in [0.717, 1.165) is 22.3 Å². The van der Waals surface area contributed by atoms with Gasteiger partial charge in [0.25, 0.3) is 0 Å². The number of nitrogens with one attached hydrogen (secondary N) is 4. The molecule has 0 saturated carbocycles. The summed E-state index contributed by atoms with van der Waals surface area (Å²) < 4.78 is 0. The number of amides is 5. The highest BCUT2D eigenvalue weighted by Crippen LogP contribution is 2.26. The maximum absolute atomic E-state index is 13.1. The van der Waals surface area contributed by atoms with Gasteiger partial charge in [-0.05, 0) is 36.1 Å². The molecule has 5 amide bonds. The largest absolute Gasteiger partial charge is 0.368 e. The lowest BCUT2D eigenvalue weighted by Crippen LogP contribution is -2.57. The number of carbonyl (C=O) groups excluding carboxylic acids is 5. The second kappa shape index (κ2) is 11.5. The Balaban J connectivity index is 2.07. The molecule has 0 unspecified atom stereocenters. The normalized spacial score (nSPS) is 23.2. The average Bonchev–Trinajstić information content (AvgIpc) is 2.82. The molecule has 6 N–H and O–H groups in total. The Kier molecular flexibility index (Phi) is 8.42. The van der Waals surface area contributed by atoms with E-state index in [9.17, 15) is 24.0 Å². The van der Waals surface area contributed by atoms with E-state index in [0.29, 0.717) is 0 Å². The van der Waals surface area contributed by atoms with Crippen LogP contribution in [-0.2, 0) is 36.8 Å². The number of hydrogen-bond acceptors (Lipinski definition) is 5. The van der Waals surface area contributed by atoms with E-state index >= 15 is 0 Å². The molecule has 0 saturated heterocycles. The van der Waals surface area contributed by atoms with Gasteiger partial charge < -0.3 is 27.0 Å². The molecule has 0 radical (unpaired) electrons. The molecule has 2 aromatic rings. The van der Waals surface area contributed by atoms with Gasteiger partial charge >= 0.3 is 0 Å². The average molecular weight is 494 g/mol. The lowest BCUT2D eigenvalue weighted by Gasteiger charge is -2.23. The third-order valence-electron chi connectivity index (χ3n) is 5.98. The topological polar surface area (TPSA) is 159 Å². The summed E-state index contributed by atoms with van der Waals surface area (Å²) in [6.07, 6.45) is 0.337. The van der Waals surface area contributed by atoms with E-state index < -0.39 is 47.8 Å². The van der Waals surface area contributed by atoms with E-state index in [2.05, 4.69) is 21.3 Å². The zero-order valence-electron chi connectivity index (χ0n) is 20.5. The minimum Gasteiger partial charge on any atom is -0.368 e. The van der Waals surface area contributed by atoms with E-state index in [4.69, 9.17) is 5.73 Å².